The van der Waals surface area contributed by atoms with Crippen LogP contribution in [0.5, 0.6) is 0 Å². The van der Waals surface area contributed by atoms with Gasteiger partial charge in [-0.1, -0.05) is 72.8 Å². The van der Waals surface area contributed by atoms with Gasteiger partial charge in [0.05, 0.1) is 22.1 Å². The predicted octanol–water partition coefficient (Wildman–Crippen LogP) is 3.26. The molecule has 0 aromatic carbocycles. The summed E-state index contributed by atoms with van der Waals surface area (Å²) in [6.07, 6.45) is 7.21. The lowest BCUT2D eigenvalue weighted by Gasteiger charge is -2.41. The van der Waals surface area contributed by atoms with Crippen LogP contribution >= 0.6 is 0 Å². The van der Waals surface area contributed by atoms with Gasteiger partial charge in [0.25, 0.3) is 5.91 Å². The van der Waals surface area contributed by atoms with E-state index >= 15 is 0 Å². The molecule has 4 N–H and O–H groups in total. The van der Waals surface area contributed by atoms with Gasteiger partial charge in [-0.25, -0.2) is 13.2 Å². The summed E-state index contributed by atoms with van der Waals surface area (Å²) in [5.41, 5.74) is -1.92. The van der Waals surface area contributed by atoms with Crippen LogP contribution in [-0.4, -0.2) is 90.1 Å². The molecule has 0 aromatic rings. The third kappa shape index (κ3) is 8.68. The molecule has 0 aromatic heterocycles. The van der Waals surface area contributed by atoms with Gasteiger partial charge in [0.2, 0.25) is 17.6 Å². The van der Waals surface area contributed by atoms with Gasteiger partial charge in [0, 0.05) is 13.1 Å². The molecule has 0 radical (unpaired) electrons. The van der Waals surface area contributed by atoms with Crippen LogP contribution in [0.3, 0.4) is 0 Å². The topological polar surface area (TPSA) is 171 Å². The lowest BCUT2D eigenvalue weighted by molar-refractivity contribution is -0.145. The number of carbonyl (C=O) groups is 5. The van der Waals surface area contributed by atoms with Crippen molar-refractivity contribution in [2.45, 2.75) is 135 Å². The summed E-state index contributed by atoms with van der Waals surface area (Å²) in [4.78, 5) is 69.6. The second-order valence-corrected chi connectivity index (χ2v) is 20.3. The van der Waals surface area contributed by atoms with Crippen molar-refractivity contribution in [3.8, 4) is 0 Å². The number of rotatable bonds is 13. The van der Waals surface area contributed by atoms with E-state index in [1.54, 1.807) is 20.8 Å². The van der Waals surface area contributed by atoms with E-state index in [-0.39, 0.29) is 35.5 Å². The molecule has 5 atom stereocenters. The Kier molecular flexibility index (Phi) is 11.1. The molecular formula is C36H59N5O7S. The van der Waals surface area contributed by atoms with E-state index in [1.165, 1.54) is 11.0 Å². The molecule has 3 aliphatic carbocycles. The maximum absolute atomic E-state index is 14.5. The summed E-state index contributed by atoms with van der Waals surface area (Å²) in [7, 11) is -3.56. The summed E-state index contributed by atoms with van der Waals surface area (Å²) >= 11 is 0. The number of ketones is 1. The lowest BCUT2D eigenvalue weighted by atomic mass is 9.83. The number of likely N-dealkylation sites (tertiary alicyclic amines) is 1. The number of carbonyl (C=O) groups excluding carboxylic acids is 5. The Morgan fingerprint density at radius 1 is 0.959 bits per heavy atom. The number of fused-ring (bicyclic) bond motifs is 1. The van der Waals surface area contributed by atoms with Gasteiger partial charge < -0.3 is 26.2 Å². The number of hydrogen-bond acceptors (Lipinski definition) is 7. The second-order valence-electron chi connectivity index (χ2n) is 17.6. The van der Waals surface area contributed by atoms with E-state index < -0.39 is 73.2 Å². The fraction of sp³-hybridized carbons (Fsp3) is 0.806. The van der Waals surface area contributed by atoms with E-state index in [9.17, 15) is 32.4 Å². The van der Waals surface area contributed by atoms with Crippen LogP contribution in [0.25, 0.3) is 0 Å². The molecule has 0 bridgehead atoms. The molecule has 1 aliphatic heterocycles. The van der Waals surface area contributed by atoms with Crippen molar-refractivity contribution < 1.29 is 32.4 Å². The van der Waals surface area contributed by atoms with Gasteiger partial charge in [0.15, 0.2) is 9.84 Å². The number of nitrogens with zero attached hydrogens (tertiary/aromatic N) is 1. The largest absolute Gasteiger partial charge is 0.346 e. The van der Waals surface area contributed by atoms with Crippen molar-refractivity contribution in [3.63, 3.8) is 0 Å². The molecule has 49 heavy (non-hydrogen) atoms. The SMILES string of the molecule is C=CCNC(=O)C(=O)C(CC1CC1)NC(=O)[C@@H]1[C@@H]2[C@H](CN1C(=O)C(NC(=O)NC1(CS(=O)(=O)C(C)(C)C)CCCCC1)C(C)(C)C)C2(C)C. The van der Waals surface area contributed by atoms with Crippen LogP contribution in [0.1, 0.15) is 107 Å². The summed E-state index contributed by atoms with van der Waals surface area (Å²) in [5, 5.41) is 11.2. The molecule has 3 saturated carbocycles. The highest BCUT2D eigenvalue weighted by Gasteiger charge is 2.70. The van der Waals surface area contributed by atoms with Gasteiger partial charge in [-0.3, -0.25) is 19.2 Å². The maximum atomic E-state index is 14.5. The molecule has 276 valence electrons. The maximum Gasteiger partial charge on any atom is 0.315 e. The van der Waals surface area contributed by atoms with E-state index in [2.05, 4.69) is 41.7 Å². The predicted molar refractivity (Wildman–Crippen MR) is 188 cm³/mol. The number of amides is 5. The smallest absolute Gasteiger partial charge is 0.315 e. The fourth-order valence-electron chi connectivity index (χ4n) is 7.74. The summed E-state index contributed by atoms with van der Waals surface area (Å²) < 4.78 is 25.6. The van der Waals surface area contributed by atoms with Gasteiger partial charge in [-0.15, -0.1) is 6.58 Å². The van der Waals surface area contributed by atoms with E-state index in [0.717, 1.165) is 32.1 Å². The summed E-state index contributed by atoms with van der Waals surface area (Å²) in [6, 6.07) is -3.54. The second kappa shape index (κ2) is 14.0. The van der Waals surface area contributed by atoms with Gasteiger partial charge in [0.1, 0.15) is 12.1 Å². The molecule has 13 heteroatoms. The Balaban J connectivity index is 1.55. The van der Waals surface area contributed by atoms with Crippen LogP contribution in [0.15, 0.2) is 12.7 Å². The first-order valence-corrected chi connectivity index (χ1v) is 19.5. The van der Waals surface area contributed by atoms with Crippen LogP contribution in [0.4, 0.5) is 4.79 Å². The van der Waals surface area contributed by atoms with Crippen LogP contribution in [-0.2, 0) is 29.0 Å². The highest BCUT2D eigenvalue weighted by molar-refractivity contribution is 7.92. The van der Waals surface area contributed by atoms with Crippen molar-refractivity contribution in [2.75, 3.05) is 18.8 Å². The fourth-order valence-corrected chi connectivity index (χ4v) is 9.26. The Bertz CT molecular complexity index is 1430. The first kappa shape index (κ1) is 38.8. The lowest BCUT2D eigenvalue weighted by Crippen LogP contribution is -2.64. The summed E-state index contributed by atoms with van der Waals surface area (Å²) in [5.74, 6) is -2.44. The molecule has 2 unspecified atom stereocenters. The number of hydrogen-bond donors (Lipinski definition) is 4. The highest BCUT2D eigenvalue weighted by Crippen LogP contribution is 2.65. The van der Waals surface area contributed by atoms with E-state index in [0.29, 0.717) is 25.8 Å². The number of piperidine rings is 1. The minimum Gasteiger partial charge on any atom is -0.346 e. The number of Topliss-reactive ketones (excluding diaryl/α,β-unsaturated/α-hetero) is 1. The van der Waals surface area contributed by atoms with Crippen LogP contribution in [0, 0.1) is 28.6 Å². The molecule has 4 rings (SSSR count). The highest BCUT2D eigenvalue weighted by atomic mass is 32.2. The molecule has 12 nitrogen and oxygen atoms in total. The average Bonchev–Trinajstić information content (AvgIpc) is 3.84. The molecule has 1 heterocycles. The first-order chi connectivity index (χ1) is 22.5. The number of sulfone groups is 1. The molecule has 4 fully saturated rings. The zero-order valence-corrected chi connectivity index (χ0v) is 31.6. The van der Waals surface area contributed by atoms with Crippen LogP contribution in [0.2, 0.25) is 0 Å². The third-order valence-corrected chi connectivity index (χ3v) is 14.1. The standard InChI is InChI=1S/C36H59N5O7S/c1-10-18-37-30(44)27(42)24(19-22-14-15-22)38-29(43)26-25-23(35(25,8)9)20-41(26)31(45)28(33(2,3)4)39-32(46)40-36(16-12-11-13-17-36)21-49(47,48)34(5,6)7/h10,22-26,28H,1,11-21H2,2-9H3,(H,37,44)(H,38,43)(H2,39,40,46)/t23-,24?,25-,26-,28?/m0/s1. The zero-order chi connectivity index (χ0) is 36.7. The minimum atomic E-state index is -3.56. The average molecular weight is 706 g/mol. The minimum absolute atomic E-state index is 0.0585. The van der Waals surface area contributed by atoms with Crippen molar-refractivity contribution in [1.82, 2.24) is 26.2 Å². The van der Waals surface area contributed by atoms with Crippen molar-refractivity contribution in [2.24, 2.45) is 28.6 Å². The third-order valence-electron chi connectivity index (χ3n) is 11.3. The Morgan fingerprint density at radius 3 is 2.10 bits per heavy atom. The van der Waals surface area contributed by atoms with Gasteiger partial charge in [-0.2, -0.15) is 0 Å². The van der Waals surface area contributed by atoms with Crippen LogP contribution < -0.4 is 21.3 Å². The van der Waals surface area contributed by atoms with Gasteiger partial charge >= 0.3 is 6.03 Å². The van der Waals surface area contributed by atoms with Crippen molar-refractivity contribution in [3.05, 3.63) is 12.7 Å². The molecule has 1 saturated heterocycles. The van der Waals surface area contributed by atoms with E-state index in [4.69, 9.17) is 0 Å². The molecule has 4 aliphatic rings. The Morgan fingerprint density at radius 2 is 1.57 bits per heavy atom. The van der Waals surface area contributed by atoms with Gasteiger partial charge in [-0.05, 0) is 68.6 Å². The monoisotopic (exact) mass is 705 g/mol. The van der Waals surface area contributed by atoms with Crippen molar-refractivity contribution >= 4 is 39.4 Å². The Labute approximate surface area is 292 Å². The van der Waals surface area contributed by atoms with E-state index in [1.807, 2.05) is 20.8 Å². The first-order valence-electron chi connectivity index (χ1n) is 17.9. The molecule has 5 amide bonds. The summed E-state index contributed by atoms with van der Waals surface area (Å²) in [6.45, 7) is 18.6. The molecular weight excluding hydrogens is 646 g/mol. The van der Waals surface area contributed by atoms with Crippen molar-refractivity contribution in [1.29, 1.82) is 0 Å². The molecule has 0 spiro atoms. The zero-order valence-electron chi connectivity index (χ0n) is 30.7. The number of urea groups is 1. The number of nitrogens with one attached hydrogen (secondary N) is 4. The normalized spacial score (nSPS) is 25.6. The quantitative estimate of drug-likeness (QED) is 0.168. The Hall–Kier alpha value is -2.96.